The summed E-state index contributed by atoms with van der Waals surface area (Å²) in [7, 11) is 4.47. The highest BCUT2D eigenvalue weighted by Crippen LogP contribution is 2.14. The van der Waals surface area contributed by atoms with Crippen molar-refractivity contribution in [1.82, 2.24) is 0 Å². The van der Waals surface area contributed by atoms with Crippen LogP contribution in [-0.4, -0.2) is 48.2 Å². The van der Waals surface area contributed by atoms with Crippen LogP contribution in [0.3, 0.4) is 0 Å². The molecule has 0 aliphatic carbocycles. The van der Waals surface area contributed by atoms with Crippen molar-refractivity contribution in [3.63, 3.8) is 0 Å². The number of unbranched alkanes of at least 4 members (excludes halogenated alkanes) is 15. The number of nitrogens with zero attached hydrogens (tertiary/aromatic N) is 1. The molecule has 1 atom stereocenters. The zero-order valence-corrected chi connectivity index (χ0v) is 19.9. The fourth-order valence-electron chi connectivity index (χ4n) is 3.80. The fraction of sp³-hybridized carbons (Fsp3) is 1.00. The Morgan fingerprint density at radius 2 is 1.00 bits per heavy atom. The van der Waals surface area contributed by atoms with E-state index in [-0.39, 0.29) is 6.10 Å². The Kier molecular flexibility index (Phi) is 19.0. The lowest BCUT2D eigenvalue weighted by molar-refractivity contribution is -0.893. The summed E-state index contributed by atoms with van der Waals surface area (Å²) in [5.41, 5.74) is 0. The third-order valence-electron chi connectivity index (χ3n) is 5.50. The molecule has 0 saturated heterocycles. The first-order valence-corrected chi connectivity index (χ1v) is 12.7. The molecule has 0 heterocycles. The lowest BCUT2D eigenvalue weighted by atomic mass is 10.0. The molecule has 0 radical (unpaired) electrons. The van der Waals surface area contributed by atoms with Gasteiger partial charge < -0.3 is 9.59 Å². The lowest BCUT2D eigenvalue weighted by Gasteiger charge is -2.31. The summed E-state index contributed by atoms with van der Waals surface area (Å²) in [4.78, 5) is 0. The van der Waals surface area contributed by atoms with Gasteiger partial charge in [0, 0.05) is 5.33 Å². The van der Waals surface area contributed by atoms with Crippen LogP contribution in [0.4, 0.5) is 0 Å². The van der Waals surface area contributed by atoms with E-state index in [0.717, 1.165) is 11.0 Å². The average Bonchev–Trinajstić information content (AvgIpc) is 2.60. The highest BCUT2D eigenvalue weighted by Gasteiger charge is 2.18. The SMILES string of the molecule is CCCCCCCCCCCCCCCCCC[N+](C)(C)CC(O)CBr. The van der Waals surface area contributed by atoms with Crippen LogP contribution in [0.25, 0.3) is 0 Å². The molecule has 0 bridgehead atoms. The number of quaternary nitrogens is 1. The minimum absolute atomic E-state index is 0.217. The molecule has 0 aliphatic rings. The molecule has 0 spiro atoms. The van der Waals surface area contributed by atoms with E-state index in [1.54, 1.807) is 0 Å². The van der Waals surface area contributed by atoms with Crippen molar-refractivity contribution in [2.45, 2.75) is 116 Å². The van der Waals surface area contributed by atoms with Crippen molar-refractivity contribution in [1.29, 1.82) is 0 Å². The monoisotopic (exact) mass is 434 g/mol. The van der Waals surface area contributed by atoms with Crippen LogP contribution >= 0.6 is 15.9 Å². The zero-order valence-electron chi connectivity index (χ0n) is 18.3. The van der Waals surface area contributed by atoms with Gasteiger partial charge in [-0.15, -0.1) is 0 Å². The van der Waals surface area contributed by atoms with E-state index in [0.29, 0.717) is 5.33 Å². The van der Waals surface area contributed by atoms with Crippen LogP contribution in [0.15, 0.2) is 0 Å². The third kappa shape index (κ3) is 19.2. The predicted molar refractivity (Wildman–Crippen MR) is 121 cm³/mol. The molecule has 0 aromatic rings. The van der Waals surface area contributed by atoms with E-state index in [9.17, 15) is 5.11 Å². The Morgan fingerprint density at radius 1 is 0.654 bits per heavy atom. The molecule has 0 saturated carbocycles. The molecule has 158 valence electrons. The van der Waals surface area contributed by atoms with Gasteiger partial charge in [0.25, 0.3) is 0 Å². The van der Waals surface area contributed by atoms with Gasteiger partial charge >= 0.3 is 0 Å². The Hall–Kier alpha value is 0.400. The number of halogens is 1. The normalized spacial score (nSPS) is 13.3. The molecule has 0 rings (SSSR count). The number of rotatable bonds is 20. The molecule has 0 amide bonds. The molecule has 0 aromatic carbocycles. The number of likely N-dealkylation sites (N-methyl/N-ethyl adjacent to an activating group) is 1. The van der Waals surface area contributed by atoms with Gasteiger partial charge in [-0.1, -0.05) is 113 Å². The molecule has 1 N–H and O–H groups in total. The summed E-state index contributed by atoms with van der Waals surface area (Å²) < 4.78 is 0.936. The summed E-state index contributed by atoms with van der Waals surface area (Å²) in [6.07, 6.45) is 22.5. The van der Waals surface area contributed by atoms with E-state index in [1.165, 1.54) is 109 Å². The maximum absolute atomic E-state index is 9.77. The predicted octanol–water partition coefficient (Wildman–Crippen LogP) is 7.08. The smallest absolute Gasteiger partial charge is 0.112 e. The molecule has 1 unspecified atom stereocenters. The van der Waals surface area contributed by atoms with Gasteiger partial charge in [-0.3, -0.25) is 0 Å². The highest BCUT2D eigenvalue weighted by atomic mass is 79.9. The van der Waals surface area contributed by atoms with Gasteiger partial charge in [-0.05, 0) is 12.8 Å². The lowest BCUT2D eigenvalue weighted by Crippen LogP contribution is -2.46. The zero-order chi connectivity index (χ0) is 19.5. The first kappa shape index (κ1) is 26.4. The quantitative estimate of drug-likeness (QED) is 0.123. The van der Waals surface area contributed by atoms with E-state index >= 15 is 0 Å². The molecular weight excluding hydrogens is 386 g/mol. The van der Waals surface area contributed by atoms with Crippen LogP contribution in [0.1, 0.15) is 110 Å². The van der Waals surface area contributed by atoms with Crippen LogP contribution < -0.4 is 0 Å². The number of hydrogen-bond donors (Lipinski definition) is 1. The average molecular weight is 436 g/mol. The van der Waals surface area contributed by atoms with Crippen molar-refractivity contribution < 1.29 is 9.59 Å². The first-order valence-electron chi connectivity index (χ1n) is 11.6. The van der Waals surface area contributed by atoms with Gasteiger partial charge in [0.2, 0.25) is 0 Å². The molecule has 26 heavy (non-hydrogen) atoms. The van der Waals surface area contributed by atoms with Gasteiger partial charge in [0.1, 0.15) is 12.6 Å². The van der Waals surface area contributed by atoms with Gasteiger partial charge in [0.15, 0.2) is 0 Å². The van der Waals surface area contributed by atoms with Crippen molar-refractivity contribution in [2.24, 2.45) is 0 Å². The summed E-state index contributed by atoms with van der Waals surface area (Å²) in [6.45, 7) is 4.33. The minimum atomic E-state index is -0.217. The molecule has 0 aliphatic heterocycles. The summed E-state index contributed by atoms with van der Waals surface area (Å²) >= 11 is 3.36. The van der Waals surface area contributed by atoms with E-state index in [2.05, 4.69) is 36.9 Å². The third-order valence-corrected chi connectivity index (χ3v) is 6.25. The standard InChI is InChI=1S/C23H49BrNO/c1-4-5-6-7-8-9-10-11-12-13-14-15-16-17-18-19-20-25(2,3)22-23(26)21-24/h23,26H,4-22H2,1-3H3/q+1. The van der Waals surface area contributed by atoms with Crippen LogP contribution in [0.5, 0.6) is 0 Å². The minimum Gasteiger partial charge on any atom is -0.386 e. The van der Waals surface area contributed by atoms with Crippen molar-refractivity contribution in [2.75, 3.05) is 32.5 Å². The summed E-state index contributed by atoms with van der Waals surface area (Å²) in [5.74, 6) is 0. The summed E-state index contributed by atoms with van der Waals surface area (Å²) in [6, 6.07) is 0. The summed E-state index contributed by atoms with van der Waals surface area (Å²) in [5, 5.41) is 10.5. The van der Waals surface area contributed by atoms with Gasteiger partial charge in [-0.2, -0.15) is 0 Å². The van der Waals surface area contributed by atoms with Crippen LogP contribution in [-0.2, 0) is 0 Å². The fourth-order valence-corrected chi connectivity index (χ4v) is 4.00. The second kappa shape index (κ2) is 18.7. The van der Waals surface area contributed by atoms with Crippen molar-refractivity contribution in [3.05, 3.63) is 0 Å². The molecule has 0 aromatic heterocycles. The second-order valence-electron chi connectivity index (χ2n) is 8.95. The Labute approximate surface area is 173 Å². The highest BCUT2D eigenvalue weighted by molar-refractivity contribution is 9.09. The largest absolute Gasteiger partial charge is 0.386 e. The molecule has 0 fully saturated rings. The first-order chi connectivity index (χ1) is 12.5. The maximum atomic E-state index is 9.77. The Bertz CT molecular complexity index is 283. The van der Waals surface area contributed by atoms with Gasteiger partial charge in [0.05, 0.1) is 20.6 Å². The van der Waals surface area contributed by atoms with E-state index in [4.69, 9.17) is 0 Å². The van der Waals surface area contributed by atoms with E-state index < -0.39 is 0 Å². The van der Waals surface area contributed by atoms with Crippen LogP contribution in [0.2, 0.25) is 0 Å². The maximum Gasteiger partial charge on any atom is 0.112 e. The van der Waals surface area contributed by atoms with E-state index in [1.807, 2.05) is 0 Å². The molecule has 2 nitrogen and oxygen atoms in total. The second-order valence-corrected chi connectivity index (χ2v) is 9.60. The van der Waals surface area contributed by atoms with Crippen molar-refractivity contribution >= 4 is 15.9 Å². The molecule has 3 heteroatoms. The van der Waals surface area contributed by atoms with Crippen LogP contribution in [0, 0.1) is 0 Å². The van der Waals surface area contributed by atoms with Crippen molar-refractivity contribution in [3.8, 4) is 0 Å². The molecular formula is C23H49BrNO+. The van der Waals surface area contributed by atoms with Gasteiger partial charge in [-0.25, -0.2) is 0 Å². The number of aliphatic hydroxyl groups is 1. The topological polar surface area (TPSA) is 20.2 Å². The number of aliphatic hydroxyl groups excluding tert-OH is 1. The Morgan fingerprint density at radius 3 is 1.35 bits per heavy atom. The number of hydrogen-bond acceptors (Lipinski definition) is 1. The number of alkyl halides is 1. The Balaban J connectivity index is 3.22.